The van der Waals surface area contributed by atoms with Gasteiger partial charge in [-0.1, -0.05) is 48.5 Å². The lowest BCUT2D eigenvalue weighted by Crippen LogP contribution is -2.29. The first kappa shape index (κ1) is 15.8. The lowest BCUT2D eigenvalue weighted by molar-refractivity contribution is -0.121. The van der Waals surface area contributed by atoms with Crippen LogP contribution in [0, 0.1) is 0 Å². The van der Waals surface area contributed by atoms with Gasteiger partial charge in [0, 0.05) is 30.6 Å². The SMILES string of the molecule is Cn1cc([C@H]2CC(=O)N(c3ccc4ccccc4c3)C2=O)c2ccccc21. The minimum absolute atomic E-state index is 0.145. The number of amides is 2. The number of hydrogen-bond acceptors (Lipinski definition) is 2. The molecule has 1 aromatic heterocycles. The monoisotopic (exact) mass is 354 g/mol. The molecule has 0 N–H and O–H groups in total. The second kappa shape index (κ2) is 5.81. The summed E-state index contributed by atoms with van der Waals surface area (Å²) in [5.74, 6) is -0.727. The van der Waals surface area contributed by atoms with Crippen molar-refractivity contribution in [1.29, 1.82) is 0 Å². The van der Waals surface area contributed by atoms with E-state index >= 15 is 0 Å². The van der Waals surface area contributed by atoms with Gasteiger partial charge >= 0.3 is 0 Å². The topological polar surface area (TPSA) is 42.3 Å². The predicted octanol–water partition coefficient (Wildman–Crippen LogP) is 4.38. The second-order valence-electron chi connectivity index (χ2n) is 7.07. The van der Waals surface area contributed by atoms with Gasteiger partial charge in [0.2, 0.25) is 11.8 Å². The summed E-state index contributed by atoms with van der Waals surface area (Å²) in [6.45, 7) is 0. The highest BCUT2D eigenvalue weighted by molar-refractivity contribution is 6.23. The van der Waals surface area contributed by atoms with E-state index in [-0.39, 0.29) is 18.2 Å². The first-order chi connectivity index (χ1) is 13.1. The van der Waals surface area contributed by atoms with Crippen molar-refractivity contribution in [2.75, 3.05) is 4.90 Å². The highest BCUT2D eigenvalue weighted by Gasteiger charge is 2.41. The Labute approximate surface area is 156 Å². The lowest BCUT2D eigenvalue weighted by Gasteiger charge is -2.15. The molecular formula is C23H18N2O2. The standard InChI is InChI=1S/C23H18N2O2/c1-24-14-20(18-8-4-5-9-21(18)24)19-13-22(26)25(23(19)27)17-11-10-15-6-2-3-7-16(15)12-17/h2-12,14,19H,13H2,1H3/t19-/m1/s1. The number of carbonyl (C=O) groups excluding carboxylic acids is 2. The summed E-state index contributed by atoms with van der Waals surface area (Å²) in [7, 11) is 1.97. The average molecular weight is 354 g/mol. The minimum atomic E-state index is -0.435. The van der Waals surface area contributed by atoms with Gasteiger partial charge in [0.25, 0.3) is 0 Å². The normalized spacial score (nSPS) is 17.4. The summed E-state index contributed by atoms with van der Waals surface area (Å²) in [5.41, 5.74) is 2.64. The molecule has 0 unspecified atom stereocenters. The van der Waals surface area contributed by atoms with E-state index in [2.05, 4.69) is 0 Å². The highest BCUT2D eigenvalue weighted by atomic mass is 16.2. The Hall–Kier alpha value is -3.40. The molecule has 1 aliphatic rings. The fraction of sp³-hybridized carbons (Fsp3) is 0.130. The molecule has 0 aliphatic carbocycles. The molecule has 4 nitrogen and oxygen atoms in total. The Morgan fingerprint density at radius 3 is 2.48 bits per heavy atom. The Bertz CT molecular complexity index is 1220. The van der Waals surface area contributed by atoms with Gasteiger partial charge in [0.1, 0.15) is 0 Å². The van der Waals surface area contributed by atoms with Crippen molar-refractivity contribution >= 4 is 39.2 Å². The molecule has 2 heterocycles. The molecule has 4 heteroatoms. The van der Waals surface area contributed by atoms with Crippen LogP contribution in [0.3, 0.4) is 0 Å². The molecular weight excluding hydrogens is 336 g/mol. The Morgan fingerprint density at radius 2 is 1.63 bits per heavy atom. The van der Waals surface area contributed by atoms with Gasteiger partial charge in [-0.2, -0.15) is 0 Å². The Morgan fingerprint density at radius 1 is 0.889 bits per heavy atom. The van der Waals surface area contributed by atoms with Crippen LogP contribution in [0.2, 0.25) is 0 Å². The molecule has 5 rings (SSSR count). The molecule has 0 radical (unpaired) electrons. The van der Waals surface area contributed by atoms with Gasteiger partial charge in [-0.25, -0.2) is 4.90 Å². The van der Waals surface area contributed by atoms with Crippen LogP contribution in [0.5, 0.6) is 0 Å². The molecule has 2 amide bonds. The fourth-order valence-corrected chi connectivity index (χ4v) is 4.11. The maximum atomic E-state index is 13.2. The van der Waals surface area contributed by atoms with Crippen molar-refractivity contribution in [3.05, 3.63) is 78.5 Å². The van der Waals surface area contributed by atoms with Crippen LogP contribution in [0.1, 0.15) is 17.9 Å². The first-order valence-electron chi connectivity index (χ1n) is 9.03. The van der Waals surface area contributed by atoms with Crippen molar-refractivity contribution in [2.24, 2.45) is 7.05 Å². The van der Waals surface area contributed by atoms with Crippen LogP contribution in [-0.4, -0.2) is 16.4 Å². The molecule has 0 spiro atoms. The molecule has 1 saturated heterocycles. The number of rotatable bonds is 2. The number of imide groups is 1. The molecule has 0 bridgehead atoms. The number of anilines is 1. The van der Waals surface area contributed by atoms with E-state index in [1.54, 1.807) is 0 Å². The molecule has 1 atom stereocenters. The number of hydrogen-bond donors (Lipinski definition) is 0. The maximum Gasteiger partial charge on any atom is 0.241 e. The van der Waals surface area contributed by atoms with Crippen LogP contribution in [0.25, 0.3) is 21.7 Å². The summed E-state index contributed by atoms with van der Waals surface area (Å²) in [5, 5.41) is 3.14. The third-order valence-corrected chi connectivity index (χ3v) is 5.44. The van der Waals surface area contributed by atoms with Crippen molar-refractivity contribution in [3.8, 4) is 0 Å². The molecule has 0 saturated carbocycles. The zero-order valence-corrected chi connectivity index (χ0v) is 14.9. The third-order valence-electron chi connectivity index (χ3n) is 5.44. The van der Waals surface area contributed by atoms with E-state index in [1.165, 1.54) is 4.90 Å². The van der Waals surface area contributed by atoms with E-state index < -0.39 is 5.92 Å². The van der Waals surface area contributed by atoms with Gasteiger partial charge in [0.05, 0.1) is 11.6 Å². The molecule has 1 fully saturated rings. The maximum absolute atomic E-state index is 13.2. The quantitative estimate of drug-likeness (QED) is 0.501. The van der Waals surface area contributed by atoms with Gasteiger partial charge in [-0.05, 0) is 34.5 Å². The Balaban J connectivity index is 1.58. The summed E-state index contributed by atoms with van der Waals surface area (Å²) in [6, 6.07) is 21.7. The average Bonchev–Trinajstić information content (AvgIpc) is 3.18. The number of aryl methyl sites for hydroxylation is 1. The van der Waals surface area contributed by atoms with E-state index in [0.717, 1.165) is 27.2 Å². The van der Waals surface area contributed by atoms with E-state index in [9.17, 15) is 9.59 Å². The van der Waals surface area contributed by atoms with Gasteiger partial charge in [0.15, 0.2) is 0 Å². The number of carbonyl (C=O) groups is 2. The van der Waals surface area contributed by atoms with Crippen molar-refractivity contribution in [1.82, 2.24) is 4.57 Å². The number of aromatic nitrogens is 1. The van der Waals surface area contributed by atoms with E-state index in [0.29, 0.717) is 5.69 Å². The first-order valence-corrected chi connectivity index (χ1v) is 9.03. The lowest BCUT2D eigenvalue weighted by atomic mass is 9.97. The third kappa shape index (κ3) is 2.37. The zero-order valence-electron chi connectivity index (χ0n) is 14.9. The second-order valence-corrected chi connectivity index (χ2v) is 7.07. The predicted molar refractivity (Wildman–Crippen MR) is 107 cm³/mol. The molecule has 1 aliphatic heterocycles. The number of para-hydroxylation sites is 1. The number of benzene rings is 3. The summed E-state index contributed by atoms with van der Waals surface area (Å²) in [4.78, 5) is 27.3. The molecule has 132 valence electrons. The highest BCUT2D eigenvalue weighted by Crippen LogP contribution is 2.37. The number of nitrogens with zero attached hydrogens (tertiary/aromatic N) is 2. The number of fused-ring (bicyclic) bond motifs is 2. The van der Waals surface area contributed by atoms with Crippen LogP contribution < -0.4 is 4.90 Å². The van der Waals surface area contributed by atoms with E-state index in [1.807, 2.05) is 84.5 Å². The van der Waals surface area contributed by atoms with Gasteiger partial charge in [-0.3, -0.25) is 9.59 Å². The van der Waals surface area contributed by atoms with Gasteiger partial charge in [-0.15, -0.1) is 0 Å². The van der Waals surface area contributed by atoms with E-state index in [4.69, 9.17) is 0 Å². The van der Waals surface area contributed by atoms with Crippen molar-refractivity contribution in [3.63, 3.8) is 0 Å². The molecule has 27 heavy (non-hydrogen) atoms. The van der Waals surface area contributed by atoms with Crippen molar-refractivity contribution < 1.29 is 9.59 Å². The molecule has 4 aromatic rings. The van der Waals surface area contributed by atoms with Crippen molar-refractivity contribution in [2.45, 2.75) is 12.3 Å². The zero-order chi connectivity index (χ0) is 18.5. The van der Waals surface area contributed by atoms with Crippen LogP contribution in [0.15, 0.2) is 72.9 Å². The summed E-state index contributed by atoms with van der Waals surface area (Å²) in [6.07, 6.45) is 2.18. The largest absolute Gasteiger partial charge is 0.350 e. The Kier molecular flexibility index (Phi) is 3.41. The van der Waals surface area contributed by atoms with Crippen LogP contribution in [0.4, 0.5) is 5.69 Å². The van der Waals surface area contributed by atoms with Crippen LogP contribution >= 0.6 is 0 Å². The van der Waals surface area contributed by atoms with Gasteiger partial charge < -0.3 is 4.57 Å². The summed E-state index contributed by atoms with van der Waals surface area (Å²) >= 11 is 0. The molecule has 3 aromatic carbocycles. The minimum Gasteiger partial charge on any atom is -0.350 e. The fourth-order valence-electron chi connectivity index (χ4n) is 4.11. The summed E-state index contributed by atoms with van der Waals surface area (Å²) < 4.78 is 2.01. The smallest absolute Gasteiger partial charge is 0.241 e. The van der Waals surface area contributed by atoms with Crippen LogP contribution in [-0.2, 0) is 16.6 Å².